The minimum absolute atomic E-state index is 0.241. The van der Waals surface area contributed by atoms with E-state index in [1.807, 2.05) is 0 Å². The predicted molar refractivity (Wildman–Crippen MR) is 79.9 cm³/mol. The minimum atomic E-state index is -0.847. The first-order valence-electron chi connectivity index (χ1n) is 6.50. The Balaban J connectivity index is 2.36. The monoisotopic (exact) mass is 311 g/mol. The third kappa shape index (κ3) is 3.52. The summed E-state index contributed by atoms with van der Waals surface area (Å²) in [5.74, 6) is -1.02. The number of rotatable bonds is 5. The van der Waals surface area contributed by atoms with Gasteiger partial charge in [0.15, 0.2) is 11.6 Å². The van der Waals surface area contributed by atoms with Gasteiger partial charge in [-0.2, -0.15) is 0 Å². The summed E-state index contributed by atoms with van der Waals surface area (Å²) in [5.41, 5.74) is 1.10. The van der Waals surface area contributed by atoms with Crippen molar-refractivity contribution in [3.8, 4) is 5.75 Å². The molecule has 0 amide bonds. The van der Waals surface area contributed by atoms with Crippen molar-refractivity contribution in [2.75, 3.05) is 14.2 Å². The van der Waals surface area contributed by atoms with E-state index in [0.717, 1.165) is 11.6 Å². The molecule has 2 nitrogen and oxygen atoms in total. The third-order valence-electron chi connectivity index (χ3n) is 3.37. The molecular weight excluding hydrogens is 296 g/mol. The number of benzene rings is 2. The van der Waals surface area contributed by atoms with Gasteiger partial charge >= 0.3 is 0 Å². The fourth-order valence-corrected chi connectivity index (χ4v) is 2.45. The number of nitrogens with one attached hydrogen (secondary N) is 1. The van der Waals surface area contributed by atoms with Gasteiger partial charge < -0.3 is 10.1 Å². The molecule has 2 aromatic carbocycles. The van der Waals surface area contributed by atoms with Crippen LogP contribution in [0.25, 0.3) is 0 Å². The number of hydrogen-bond acceptors (Lipinski definition) is 2. The van der Waals surface area contributed by atoms with E-state index in [1.165, 1.54) is 6.07 Å². The maximum Gasteiger partial charge on any atom is 0.162 e. The summed E-state index contributed by atoms with van der Waals surface area (Å²) in [7, 11) is 3.31. The van der Waals surface area contributed by atoms with Crippen molar-refractivity contribution < 1.29 is 13.5 Å². The lowest BCUT2D eigenvalue weighted by molar-refractivity contribution is 0.400. The van der Waals surface area contributed by atoms with Gasteiger partial charge in [-0.3, -0.25) is 0 Å². The lowest BCUT2D eigenvalue weighted by atomic mass is 9.97. The molecule has 0 radical (unpaired) electrons. The van der Waals surface area contributed by atoms with Crippen LogP contribution in [0.4, 0.5) is 8.78 Å². The van der Waals surface area contributed by atoms with Gasteiger partial charge in [0.2, 0.25) is 0 Å². The van der Waals surface area contributed by atoms with Crippen LogP contribution in [0.3, 0.4) is 0 Å². The maximum atomic E-state index is 13.8. The quantitative estimate of drug-likeness (QED) is 0.896. The van der Waals surface area contributed by atoms with Crippen molar-refractivity contribution in [2.45, 2.75) is 12.5 Å². The zero-order valence-electron chi connectivity index (χ0n) is 11.8. The fourth-order valence-electron chi connectivity index (χ4n) is 2.27. The molecule has 0 bridgehead atoms. The Morgan fingerprint density at radius 2 is 2.00 bits per heavy atom. The van der Waals surface area contributed by atoms with Gasteiger partial charge in [0.05, 0.1) is 7.11 Å². The number of hydrogen-bond donors (Lipinski definition) is 1. The second-order valence-corrected chi connectivity index (χ2v) is 5.08. The highest BCUT2D eigenvalue weighted by Gasteiger charge is 2.18. The average molecular weight is 312 g/mol. The van der Waals surface area contributed by atoms with Crippen molar-refractivity contribution in [2.24, 2.45) is 0 Å². The van der Waals surface area contributed by atoms with Gasteiger partial charge in [-0.25, -0.2) is 8.78 Å². The molecule has 112 valence electrons. The van der Waals surface area contributed by atoms with E-state index in [9.17, 15) is 8.78 Å². The van der Waals surface area contributed by atoms with Crippen LogP contribution < -0.4 is 10.1 Å². The van der Waals surface area contributed by atoms with Gasteiger partial charge in [-0.1, -0.05) is 23.7 Å². The third-order valence-corrected chi connectivity index (χ3v) is 3.61. The van der Waals surface area contributed by atoms with Crippen molar-refractivity contribution in [3.63, 3.8) is 0 Å². The Hall–Kier alpha value is -1.65. The molecule has 0 saturated carbocycles. The normalized spacial score (nSPS) is 12.2. The average Bonchev–Trinajstić information content (AvgIpc) is 2.49. The highest BCUT2D eigenvalue weighted by Crippen LogP contribution is 2.30. The molecule has 0 aromatic heterocycles. The van der Waals surface area contributed by atoms with Crippen LogP contribution in [0.15, 0.2) is 36.4 Å². The predicted octanol–water partition coefficient (Wildman–Crippen LogP) is 4.13. The molecule has 0 aliphatic carbocycles. The SMILES string of the molecule is CNC(Cc1cccc(F)c1F)c1cc(Cl)ccc1OC. The lowest BCUT2D eigenvalue weighted by Gasteiger charge is -2.20. The molecule has 1 N–H and O–H groups in total. The molecule has 2 rings (SSSR count). The van der Waals surface area contributed by atoms with Crippen LogP contribution in [0.1, 0.15) is 17.2 Å². The van der Waals surface area contributed by atoms with E-state index in [2.05, 4.69) is 5.32 Å². The Kier molecular flexibility index (Phi) is 5.15. The first-order valence-corrected chi connectivity index (χ1v) is 6.88. The molecule has 2 aromatic rings. The van der Waals surface area contributed by atoms with Crippen molar-refractivity contribution in [1.29, 1.82) is 0 Å². The minimum Gasteiger partial charge on any atom is -0.496 e. The van der Waals surface area contributed by atoms with Crippen molar-refractivity contribution >= 4 is 11.6 Å². The van der Waals surface area contributed by atoms with E-state index in [1.54, 1.807) is 38.4 Å². The summed E-state index contributed by atoms with van der Waals surface area (Å²) in [6, 6.07) is 9.17. The summed E-state index contributed by atoms with van der Waals surface area (Å²) in [4.78, 5) is 0. The Morgan fingerprint density at radius 3 is 2.67 bits per heavy atom. The molecule has 1 atom stereocenters. The van der Waals surface area contributed by atoms with Crippen LogP contribution in [-0.2, 0) is 6.42 Å². The molecule has 1 unspecified atom stereocenters. The highest BCUT2D eigenvalue weighted by atomic mass is 35.5. The molecule has 0 spiro atoms. The summed E-state index contributed by atoms with van der Waals surface area (Å²) in [5, 5.41) is 3.65. The van der Waals surface area contributed by atoms with Crippen LogP contribution in [0.2, 0.25) is 5.02 Å². The van der Waals surface area contributed by atoms with Crippen molar-refractivity contribution in [3.05, 3.63) is 64.2 Å². The molecule has 5 heteroatoms. The Bertz CT molecular complexity index is 634. The van der Waals surface area contributed by atoms with Gasteiger partial charge in [0.25, 0.3) is 0 Å². The molecule has 0 aliphatic heterocycles. The second-order valence-electron chi connectivity index (χ2n) is 4.64. The summed E-state index contributed by atoms with van der Waals surface area (Å²) >= 11 is 6.02. The Labute approximate surface area is 127 Å². The summed E-state index contributed by atoms with van der Waals surface area (Å²) < 4.78 is 32.4. The molecule has 0 heterocycles. The number of methoxy groups -OCH3 is 1. The van der Waals surface area contributed by atoms with E-state index in [0.29, 0.717) is 16.3 Å². The van der Waals surface area contributed by atoms with Gasteiger partial charge in [0, 0.05) is 16.6 Å². The lowest BCUT2D eigenvalue weighted by Crippen LogP contribution is -2.20. The highest BCUT2D eigenvalue weighted by molar-refractivity contribution is 6.30. The maximum absolute atomic E-state index is 13.8. The molecular formula is C16H16ClF2NO. The summed E-state index contributed by atoms with van der Waals surface area (Å²) in [6.45, 7) is 0. The van der Waals surface area contributed by atoms with Crippen LogP contribution >= 0.6 is 11.6 Å². The van der Waals surface area contributed by atoms with Gasteiger partial charge in [-0.15, -0.1) is 0 Å². The zero-order valence-corrected chi connectivity index (χ0v) is 12.5. The van der Waals surface area contributed by atoms with E-state index >= 15 is 0 Å². The van der Waals surface area contributed by atoms with Gasteiger partial charge in [0.1, 0.15) is 5.75 Å². The molecule has 0 fully saturated rings. The van der Waals surface area contributed by atoms with Crippen LogP contribution in [0, 0.1) is 11.6 Å². The van der Waals surface area contributed by atoms with Crippen molar-refractivity contribution in [1.82, 2.24) is 5.32 Å². The smallest absolute Gasteiger partial charge is 0.162 e. The molecule has 0 aliphatic rings. The first kappa shape index (κ1) is 15.7. The first-order chi connectivity index (χ1) is 10.1. The number of likely N-dealkylation sites (N-methyl/N-ethyl adjacent to an activating group) is 1. The zero-order chi connectivity index (χ0) is 15.4. The van der Waals surface area contributed by atoms with Gasteiger partial charge in [-0.05, 0) is 43.3 Å². The largest absolute Gasteiger partial charge is 0.496 e. The molecule has 21 heavy (non-hydrogen) atoms. The van der Waals surface area contributed by atoms with E-state index in [-0.39, 0.29) is 12.5 Å². The van der Waals surface area contributed by atoms with E-state index in [4.69, 9.17) is 16.3 Å². The van der Waals surface area contributed by atoms with E-state index < -0.39 is 11.6 Å². The number of halogens is 3. The van der Waals surface area contributed by atoms with Crippen LogP contribution in [-0.4, -0.2) is 14.2 Å². The Morgan fingerprint density at radius 1 is 1.24 bits per heavy atom. The molecule has 0 saturated heterocycles. The topological polar surface area (TPSA) is 21.3 Å². The fraction of sp³-hybridized carbons (Fsp3) is 0.250. The summed E-state index contributed by atoms with van der Waals surface area (Å²) in [6.07, 6.45) is 0.288. The second kappa shape index (κ2) is 6.87. The standard InChI is InChI=1S/C16H16ClF2NO/c1-20-14(8-10-4-3-5-13(18)16(10)19)12-9-11(17)6-7-15(12)21-2/h3-7,9,14,20H,8H2,1-2H3. The van der Waals surface area contributed by atoms with Crippen LogP contribution in [0.5, 0.6) is 5.75 Å². The number of ether oxygens (including phenoxy) is 1.